The lowest BCUT2D eigenvalue weighted by molar-refractivity contribution is 0.601. The Labute approximate surface area is 110 Å². The number of hydrogen-bond acceptors (Lipinski definition) is 3. The first-order chi connectivity index (χ1) is 8.38. The summed E-state index contributed by atoms with van der Waals surface area (Å²) in [5.74, 6) is 0. The highest BCUT2D eigenvalue weighted by Gasteiger charge is 2.17. The maximum absolute atomic E-state index is 12.1. The van der Waals surface area contributed by atoms with E-state index in [1.807, 2.05) is 6.92 Å². The van der Waals surface area contributed by atoms with Gasteiger partial charge in [0.25, 0.3) is 10.0 Å². The van der Waals surface area contributed by atoms with Gasteiger partial charge in [-0.05, 0) is 24.6 Å². The minimum atomic E-state index is -3.63. The van der Waals surface area contributed by atoms with Gasteiger partial charge in [0.2, 0.25) is 0 Å². The second-order valence-electron chi connectivity index (χ2n) is 3.97. The number of hydrogen-bond donors (Lipinski definition) is 1. The summed E-state index contributed by atoms with van der Waals surface area (Å²) in [7, 11) is -1.88. The number of pyridine rings is 1. The summed E-state index contributed by atoms with van der Waals surface area (Å²) in [6, 6.07) is 3.15. The van der Waals surface area contributed by atoms with Crippen LogP contribution in [0.3, 0.4) is 0 Å². The molecule has 0 saturated heterocycles. The molecule has 0 amide bonds. The summed E-state index contributed by atoms with van der Waals surface area (Å²) >= 11 is 5.85. The molecule has 0 radical (unpaired) electrons. The number of rotatable bonds is 3. The van der Waals surface area contributed by atoms with Gasteiger partial charge in [0.1, 0.15) is 4.90 Å². The lowest BCUT2D eigenvalue weighted by atomic mass is 10.3. The van der Waals surface area contributed by atoms with E-state index in [0.29, 0.717) is 0 Å². The van der Waals surface area contributed by atoms with Crippen LogP contribution in [0.25, 0.3) is 0 Å². The van der Waals surface area contributed by atoms with Crippen LogP contribution in [-0.2, 0) is 17.1 Å². The summed E-state index contributed by atoms with van der Waals surface area (Å²) in [4.78, 5) is 4.08. The number of halogens is 1. The van der Waals surface area contributed by atoms with Crippen LogP contribution in [0, 0.1) is 6.92 Å². The quantitative estimate of drug-likeness (QED) is 0.879. The zero-order valence-corrected chi connectivity index (χ0v) is 11.5. The van der Waals surface area contributed by atoms with Gasteiger partial charge in [-0.1, -0.05) is 11.6 Å². The van der Waals surface area contributed by atoms with E-state index in [-0.39, 0.29) is 15.7 Å². The summed E-state index contributed by atoms with van der Waals surface area (Å²) in [6.07, 6.45) is 4.74. The maximum Gasteiger partial charge on any atom is 0.263 e. The van der Waals surface area contributed by atoms with Gasteiger partial charge in [0.15, 0.2) is 5.15 Å². The molecule has 2 heterocycles. The Bertz CT molecular complexity index is 679. The first-order valence-corrected chi connectivity index (χ1v) is 7.01. The fraction of sp³-hybridized carbons (Fsp3) is 0.182. The highest BCUT2D eigenvalue weighted by Crippen LogP contribution is 2.23. The highest BCUT2D eigenvalue weighted by molar-refractivity contribution is 7.92. The molecule has 0 aliphatic heterocycles. The van der Waals surface area contributed by atoms with Crippen LogP contribution in [0.15, 0.2) is 35.6 Å². The standard InChI is InChI=1S/C11H12ClN3O2S/c1-8-5-10(11(12)13-6-8)14-18(16,17)9-3-4-15(2)7-9/h3-7,14H,1-2H3. The number of aromatic nitrogens is 2. The molecule has 18 heavy (non-hydrogen) atoms. The number of nitrogens with zero attached hydrogens (tertiary/aromatic N) is 2. The van der Waals surface area contributed by atoms with Gasteiger partial charge in [0.05, 0.1) is 5.69 Å². The van der Waals surface area contributed by atoms with Crippen LogP contribution in [0.2, 0.25) is 5.15 Å². The second-order valence-corrected chi connectivity index (χ2v) is 6.01. The number of anilines is 1. The average Bonchev–Trinajstić information content (AvgIpc) is 2.71. The Morgan fingerprint density at radius 2 is 2.17 bits per heavy atom. The van der Waals surface area contributed by atoms with E-state index < -0.39 is 10.0 Å². The molecule has 96 valence electrons. The predicted molar refractivity (Wildman–Crippen MR) is 70.2 cm³/mol. The molecule has 5 nitrogen and oxygen atoms in total. The van der Waals surface area contributed by atoms with Gasteiger partial charge in [-0.3, -0.25) is 4.72 Å². The van der Waals surface area contributed by atoms with E-state index in [4.69, 9.17) is 11.6 Å². The van der Waals surface area contributed by atoms with Crippen molar-refractivity contribution in [2.24, 2.45) is 7.05 Å². The monoisotopic (exact) mass is 285 g/mol. The van der Waals surface area contributed by atoms with Crippen LogP contribution >= 0.6 is 11.6 Å². The van der Waals surface area contributed by atoms with Crippen molar-refractivity contribution in [2.45, 2.75) is 11.8 Å². The van der Waals surface area contributed by atoms with Crippen LogP contribution in [-0.4, -0.2) is 18.0 Å². The largest absolute Gasteiger partial charge is 0.356 e. The van der Waals surface area contributed by atoms with Crippen molar-refractivity contribution < 1.29 is 8.42 Å². The van der Waals surface area contributed by atoms with Crippen LogP contribution in [0.4, 0.5) is 5.69 Å². The predicted octanol–water partition coefficient (Wildman–Crippen LogP) is 2.18. The van der Waals surface area contributed by atoms with Gasteiger partial charge in [-0.15, -0.1) is 0 Å². The zero-order chi connectivity index (χ0) is 13.3. The molecular formula is C11H12ClN3O2S. The fourth-order valence-corrected chi connectivity index (χ4v) is 2.78. The molecular weight excluding hydrogens is 274 g/mol. The third kappa shape index (κ3) is 2.65. The van der Waals surface area contributed by atoms with Crippen molar-refractivity contribution in [2.75, 3.05) is 4.72 Å². The maximum atomic E-state index is 12.1. The van der Waals surface area contributed by atoms with Gasteiger partial charge < -0.3 is 4.57 Å². The molecule has 0 fully saturated rings. The molecule has 7 heteroatoms. The van der Waals surface area contributed by atoms with Crippen molar-refractivity contribution in [3.63, 3.8) is 0 Å². The lowest BCUT2D eigenvalue weighted by Gasteiger charge is -2.08. The molecule has 2 aromatic heterocycles. The highest BCUT2D eigenvalue weighted by atomic mass is 35.5. The van der Waals surface area contributed by atoms with E-state index in [2.05, 4.69) is 9.71 Å². The first kappa shape index (κ1) is 12.9. The minimum absolute atomic E-state index is 0.125. The van der Waals surface area contributed by atoms with Crippen molar-refractivity contribution in [3.05, 3.63) is 41.4 Å². The fourth-order valence-electron chi connectivity index (χ4n) is 1.46. The minimum Gasteiger partial charge on any atom is -0.356 e. The lowest BCUT2D eigenvalue weighted by Crippen LogP contribution is -2.13. The Balaban J connectivity index is 2.36. The Kier molecular flexibility index (Phi) is 3.32. The molecule has 0 aliphatic carbocycles. The van der Waals surface area contributed by atoms with Crippen molar-refractivity contribution in [1.82, 2.24) is 9.55 Å². The Morgan fingerprint density at radius 3 is 2.78 bits per heavy atom. The summed E-state index contributed by atoms with van der Waals surface area (Å²) < 4.78 is 28.2. The van der Waals surface area contributed by atoms with Crippen LogP contribution in [0.5, 0.6) is 0 Å². The van der Waals surface area contributed by atoms with Gasteiger partial charge in [-0.25, -0.2) is 13.4 Å². The van der Waals surface area contributed by atoms with E-state index in [1.165, 1.54) is 12.3 Å². The number of sulfonamides is 1. The Morgan fingerprint density at radius 1 is 1.44 bits per heavy atom. The SMILES string of the molecule is Cc1cnc(Cl)c(NS(=O)(=O)c2ccn(C)c2)c1. The van der Waals surface area contributed by atoms with Gasteiger partial charge in [0, 0.05) is 25.6 Å². The van der Waals surface area contributed by atoms with E-state index in [0.717, 1.165) is 5.56 Å². The molecule has 0 atom stereocenters. The van der Waals surface area contributed by atoms with Gasteiger partial charge >= 0.3 is 0 Å². The number of nitrogens with one attached hydrogen (secondary N) is 1. The normalized spacial score (nSPS) is 11.5. The average molecular weight is 286 g/mol. The van der Waals surface area contributed by atoms with Crippen molar-refractivity contribution in [1.29, 1.82) is 0 Å². The third-order valence-electron chi connectivity index (χ3n) is 2.34. The van der Waals surface area contributed by atoms with E-state index >= 15 is 0 Å². The molecule has 0 spiro atoms. The number of aryl methyl sites for hydroxylation is 2. The molecule has 0 bridgehead atoms. The van der Waals surface area contributed by atoms with E-state index in [9.17, 15) is 8.42 Å². The van der Waals surface area contributed by atoms with Crippen LogP contribution in [0.1, 0.15) is 5.56 Å². The molecule has 0 unspecified atom stereocenters. The second kappa shape index (κ2) is 4.62. The van der Waals surface area contributed by atoms with E-state index in [1.54, 1.807) is 30.1 Å². The molecule has 2 rings (SSSR count). The Hall–Kier alpha value is -1.53. The molecule has 0 aliphatic rings. The topological polar surface area (TPSA) is 64.0 Å². The molecule has 0 aromatic carbocycles. The summed E-state index contributed by atoms with van der Waals surface area (Å²) in [5, 5.41) is 0.125. The smallest absolute Gasteiger partial charge is 0.263 e. The summed E-state index contributed by atoms with van der Waals surface area (Å²) in [5.41, 5.74) is 1.10. The molecule has 2 aromatic rings. The first-order valence-electron chi connectivity index (χ1n) is 5.15. The van der Waals surface area contributed by atoms with Crippen molar-refractivity contribution >= 4 is 27.3 Å². The third-order valence-corrected chi connectivity index (χ3v) is 3.99. The zero-order valence-electron chi connectivity index (χ0n) is 9.88. The molecule has 1 N–H and O–H groups in total. The van der Waals surface area contributed by atoms with Crippen molar-refractivity contribution in [3.8, 4) is 0 Å². The molecule has 0 saturated carbocycles. The summed E-state index contributed by atoms with van der Waals surface area (Å²) in [6.45, 7) is 1.81. The van der Waals surface area contributed by atoms with Crippen LogP contribution < -0.4 is 4.72 Å². The van der Waals surface area contributed by atoms with Gasteiger partial charge in [-0.2, -0.15) is 0 Å².